The lowest BCUT2D eigenvalue weighted by atomic mass is 10.2. The summed E-state index contributed by atoms with van der Waals surface area (Å²) < 4.78 is 7.15. The van der Waals surface area contributed by atoms with E-state index in [2.05, 4.69) is 19.1 Å². The zero-order valence-corrected chi connectivity index (χ0v) is 15.1. The molecule has 0 spiro atoms. The van der Waals surface area contributed by atoms with Gasteiger partial charge in [0.2, 0.25) is 0 Å². The Balaban J connectivity index is 1.79. The van der Waals surface area contributed by atoms with Gasteiger partial charge in [-0.3, -0.25) is 9.36 Å². The van der Waals surface area contributed by atoms with Crippen LogP contribution in [0.3, 0.4) is 0 Å². The lowest BCUT2D eigenvalue weighted by Crippen LogP contribution is -2.24. The van der Waals surface area contributed by atoms with E-state index in [0.717, 1.165) is 11.3 Å². The van der Waals surface area contributed by atoms with Crippen LogP contribution in [0.4, 0.5) is 0 Å². The molecule has 0 N–H and O–H groups in total. The number of hydrogen-bond donors (Lipinski definition) is 0. The first-order chi connectivity index (χ1) is 12.7. The highest BCUT2D eigenvalue weighted by Crippen LogP contribution is 2.33. The molecular formula is C21H18N2O2S. The maximum atomic E-state index is 13.1. The van der Waals surface area contributed by atoms with Gasteiger partial charge in [0.15, 0.2) is 5.16 Å². The molecule has 0 aliphatic heterocycles. The lowest BCUT2D eigenvalue weighted by Gasteiger charge is -2.16. The van der Waals surface area contributed by atoms with Gasteiger partial charge in [-0.25, -0.2) is 4.98 Å². The van der Waals surface area contributed by atoms with Crippen LogP contribution >= 0.6 is 11.8 Å². The van der Waals surface area contributed by atoms with Gasteiger partial charge in [-0.1, -0.05) is 54.2 Å². The minimum absolute atomic E-state index is 0.0465. The number of hydrogen-bond acceptors (Lipinski definition) is 4. The molecule has 0 aliphatic rings. The molecule has 2 heterocycles. The molecule has 130 valence electrons. The second-order valence-electron chi connectivity index (χ2n) is 6.05. The van der Waals surface area contributed by atoms with Crippen LogP contribution < -0.4 is 5.56 Å². The van der Waals surface area contributed by atoms with E-state index < -0.39 is 0 Å². The molecule has 0 bridgehead atoms. The van der Waals surface area contributed by atoms with Gasteiger partial charge in [0.25, 0.3) is 5.56 Å². The van der Waals surface area contributed by atoms with E-state index in [1.54, 1.807) is 22.6 Å². The number of fused-ring (bicyclic) bond motifs is 1. The summed E-state index contributed by atoms with van der Waals surface area (Å²) in [6.45, 7) is 2.49. The van der Waals surface area contributed by atoms with Crippen LogP contribution in [0, 0.1) is 0 Å². The van der Waals surface area contributed by atoms with E-state index in [0.29, 0.717) is 17.1 Å². The first kappa shape index (κ1) is 16.7. The number of furan rings is 1. The highest BCUT2D eigenvalue weighted by molar-refractivity contribution is 7.99. The van der Waals surface area contributed by atoms with Crippen LogP contribution in [-0.2, 0) is 6.54 Å². The first-order valence-electron chi connectivity index (χ1n) is 8.46. The monoisotopic (exact) mass is 362 g/mol. The molecule has 0 fully saturated rings. The number of benzene rings is 2. The second kappa shape index (κ2) is 7.22. The Bertz CT molecular complexity index is 1070. The Labute approximate surface area is 155 Å². The van der Waals surface area contributed by atoms with Crippen LogP contribution in [0.2, 0.25) is 0 Å². The number of rotatable bonds is 5. The molecule has 0 radical (unpaired) electrons. The third kappa shape index (κ3) is 3.30. The van der Waals surface area contributed by atoms with E-state index in [-0.39, 0.29) is 10.8 Å². The Morgan fingerprint density at radius 2 is 1.81 bits per heavy atom. The standard InChI is InChI=1S/C21H18N2O2S/c1-15(16-8-3-2-4-9-16)26-21-22-19-12-6-5-11-18(19)20(24)23(21)14-17-10-7-13-25-17/h2-13,15H,14H2,1H3/t15-/m0/s1. The molecule has 0 aliphatic carbocycles. The molecule has 2 aromatic carbocycles. The van der Waals surface area contributed by atoms with Crippen molar-refractivity contribution in [2.75, 3.05) is 0 Å². The lowest BCUT2D eigenvalue weighted by molar-refractivity contribution is 0.476. The van der Waals surface area contributed by atoms with Crippen molar-refractivity contribution in [2.24, 2.45) is 0 Å². The first-order valence-corrected chi connectivity index (χ1v) is 9.34. The van der Waals surface area contributed by atoms with Crippen molar-refractivity contribution in [3.8, 4) is 0 Å². The van der Waals surface area contributed by atoms with Crippen molar-refractivity contribution < 1.29 is 4.42 Å². The maximum Gasteiger partial charge on any atom is 0.262 e. The van der Waals surface area contributed by atoms with Gasteiger partial charge in [0, 0.05) is 5.25 Å². The maximum absolute atomic E-state index is 13.1. The van der Waals surface area contributed by atoms with Gasteiger partial charge in [-0.05, 0) is 36.8 Å². The Morgan fingerprint density at radius 1 is 1.04 bits per heavy atom. The molecule has 1 atom stereocenters. The number of thioether (sulfide) groups is 1. The summed E-state index contributed by atoms with van der Waals surface area (Å²) in [5.74, 6) is 0.735. The molecule has 0 amide bonds. The van der Waals surface area contributed by atoms with Gasteiger partial charge in [-0.15, -0.1) is 0 Å². The fourth-order valence-corrected chi connectivity index (χ4v) is 3.92. The summed E-state index contributed by atoms with van der Waals surface area (Å²) in [6.07, 6.45) is 1.62. The van der Waals surface area contributed by atoms with Gasteiger partial charge in [0.05, 0.1) is 23.7 Å². The van der Waals surface area contributed by atoms with Gasteiger partial charge >= 0.3 is 0 Å². The fourth-order valence-electron chi connectivity index (χ4n) is 2.89. The van der Waals surface area contributed by atoms with E-state index in [4.69, 9.17) is 9.40 Å². The Kier molecular flexibility index (Phi) is 4.63. The van der Waals surface area contributed by atoms with E-state index in [1.807, 2.05) is 54.6 Å². The smallest absolute Gasteiger partial charge is 0.262 e. The average Bonchev–Trinajstić information content (AvgIpc) is 3.19. The van der Waals surface area contributed by atoms with E-state index in [9.17, 15) is 4.79 Å². The van der Waals surface area contributed by atoms with Crippen molar-refractivity contribution in [3.63, 3.8) is 0 Å². The molecule has 0 unspecified atom stereocenters. The van der Waals surface area contributed by atoms with Crippen LogP contribution in [0.5, 0.6) is 0 Å². The summed E-state index contributed by atoms with van der Waals surface area (Å²) in [5.41, 5.74) is 1.87. The highest BCUT2D eigenvalue weighted by atomic mass is 32.2. The van der Waals surface area contributed by atoms with Crippen molar-refractivity contribution in [2.45, 2.75) is 23.9 Å². The largest absolute Gasteiger partial charge is 0.467 e. The van der Waals surface area contributed by atoms with Crippen LogP contribution in [-0.4, -0.2) is 9.55 Å². The van der Waals surface area contributed by atoms with Crippen molar-refractivity contribution in [1.82, 2.24) is 9.55 Å². The molecule has 26 heavy (non-hydrogen) atoms. The van der Waals surface area contributed by atoms with Gasteiger partial charge in [0.1, 0.15) is 5.76 Å². The molecule has 4 rings (SSSR count). The van der Waals surface area contributed by atoms with E-state index >= 15 is 0 Å². The number of nitrogens with zero attached hydrogens (tertiary/aromatic N) is 2. The van der Waals surface area contributed by atoms with Crippen LogP contribution in [0.15, 0.2) is 87.4 Å². The minimum Gasteiger partial charge on any atom is -0.467 e. The average molecular weight is 362 g/mol. The molecule has 5 heteroatoms. The predicted molar refractivity (Wildman–Crippen MR) is 105 cm³/mol. The summed E-state index contributed by atoms with van der Waals surface area (Å²) in [6, 6.07) is 21.4. The van der Waals surface area contributed by atoms with Gasteiger partial charge < -0.3 is 4.42 Å². The molecule has 4 aromatic rings. The zero-order valence-electron chi connectivity index (χ0n) is 14.3. The highest BCUT2D eigenvalue weighted by Gasteiger charge is 2.16. The van der Waals surface area contributed by atoms with Crippen molar-refractivity contribution in [1.29, 1.82) is 0 Å². The SMILES string of the molecule is C[C@H](Sc1nc2ccccc2c(=O)n1Cc1ccco1)c1ccccc1. The summed E-state index contributed by atoms with van der Waals surface area (Å²) in [7, 11) is 0. The molecule has 0 saturated heterocycles. The molecule has 0 saturated carbocycles. The van der Waals surface area contributed by atoms with Crippen molar-refractivity contribution >= 4 is 22.7 Å². The fraction of sp³-hybridized carbons (Fsp3) is 0.143. The molecular weight excluding hydrogens is 344 g/mol. The number of aromatic nitrogens is 2. The minimum atomic E-state index is -0.0465. The van der Waals surface area contributed by atoms with E-state index in [1.165, 1.54) is 5.56 Å². The third-order valence-electron chi connectivity index (χ3n) is 4.27. The Hall–Kier alpha value is -2.79. The number of para-hydroxylation sites is 1. The molecule has 4 nitrogen and oxygen atoms in total. The topological polar surface area (TPSA) is 48.0 Å². The summed E-state index contributed by atoms with van der Waals surface area (Å²) in [4.78, 5) is 17.8. The van der Waals surface area contributed by atoms with Gasteiger partial charge in [-0.2, -0.15) is 0 Å². The summed E-state index contributed by atoms with van der Waals surface area (Å²) in [5, 5.41) is 1.49. The summed E-state index contributed by atoms with van der Waals surface area (Å²) >= 11 is 1.58. The third-order valence-corrected chi connectivity index (χ3v) is 5.42. The predicted octanol–water partition coefficient (Wildman–Crippen LogP) is 4.89. The van der Waals surface area contributed by atoms with Crippen LogP contribution in [0.25, 0.3) is 10.9 Å². The Morgan fingerprint density at radius 3 is 2.58 bits per heavy atom. The van der Waals surface area contributed by atoms with Crippen LogP contribution in [0.1, 0.15) is 23.5 Å². The van der Waals surface area contributed by atoms with Crippen molar-refractivity contribution in [3.05, 3.63) is 94.7 Å². The quantitative estimate of drug-likeness (QED) is 0.375. The zero-order chi connectivity index (χ0) is 17.9. The second-order valence-corrected chi connectivity index (χ2v) is 7.36. The molecule has 2 aromatic heterocycles. The normalized spacial score (nSPS) is 12.3.